The normalized spacial score (nSPS) is 19.0. The standard InChI is InChI=1S/C17H21N/c1-13-8-9-14-6-5-7-16(15(14)12-13)17(18)10-3-2-4-11-17/h5-9,12H,2-4,10-11,18H2,1H3. The molecular weight excluding hydrogens is 218 g/mol. The van der Waals surface area contributed by atoms with Crippen LogP contribution in [0.15, 0.2) is 36.4 Å². The Balaban J connectivity index is 2.18. The smallest absolute Gasteiger partial charge is 0.0415 e. The Kier molecular flexibility index (Phi) is 2.87. The van der Waals surface area contributed by atoms with Crippen LogP contribution in [-0.4, -0.2) is 0 Å². The fraction of sp³-hybridized carbons (Fsp3) is 0.412. The van der Waals surface area contributed by atoms with Crippen molar-refractivity contribution >= 4 is 10.8 Å². The van der Waals surface area contributed by atoms with Gasteiger partial charge in [0, 0.05) is 5.54 Å². The van der Waals surface area contributed by atoms with Crippen molar-refractivity contribution in [1.82, 2.24) is 0 Å². The molecule has 0 saturated heterocycles. The minimum atomic E-state index is -0.106. The van der Waals surface area contributed by atoms with E-state index in [0.717, 1.165) is 12.8 Å². The molecule has 1 aliphatic carbocycles. The Morgan fingerprint density at radius 2 is 1.78 bits per heavy atom. The largest absolute Gasteiger partial charge is 0.321 e. The summed E-state index contributed by atoms with van der Waals surface area (Å²) < 4.78 is 0. The summed E-state index contributed by atoms with van der Waals surface area (Å²) in [4.78, 5) is 0. The first-order chi connectivity index (χ1) is 8.69. The average Bonchev–Trinajstić information content (AvgIpc) is 2.38. The quantitative estimate of drug-likeness (QED) is 0.790. The van der Waals surface area contributed by atoms with Crippen LogP contribution in [-0.2, 0) is 5.54 Å². The molecular formula is C17H21N. The summed E-state index contributed by atoms with van der Waals surface area (Å²) in [6.07, 6.45) is 6.11. The predicted octanol–water partition coefficient (Wildman–Crippen LogP) is 4.27. The zero-order valence-corrected chi connectivity index (χ0v) is 11.1. The predicted molar refractivity (Wildman–Crippen MR) is 77.6 cm³/mol. The van der Waals surface area contributed by atoms with Crippen LogP contribution in [0, 0.1) is 6.92 Å². The van der Waals surface area contributed by atoms with E-state index in [4.69, 9.17) is 5.73 Å². The van der Waals surface area contributed by atoms with Gasteiger partial charge >= 0.3 is 0 Å². The molecule has 94 valence electrons. The second-order valence-electron chi connectivity index (χ2n) is 5.75. The van der Waals surface area contributed by atoms with Crippen molar-refractivity contribution in [2.24, 2.45) is 5.73 Å². The van der Waals surface area contributed by atoms with E-state index < -0.39 is 0 Å². The summed E-state index contributed by atoms with van der Waals surface area (Å²) in [7, 11) is 0. The van der Waals surface area contributed by atoms with Gasteiger partial charge in [-0.25, -0.2) is 0 Å². The Bertz CT molecular complexity index is 565. The molecule has 2 aromatic carbocycles. The highest BCUT2D eigenvalue weighted by Gasteiger charge is 2.30. The van der Waals surface area contributed by atoms with Gasteiger partial charge in [0.05, 0.1) is 0 Å². The van der Waals surface area contributed by atoms with Gasteiger partial charge in [0.15, 0.2) is 0 Å². The van der Waals surface area contributed by atoms with E-state index in [-0.39, 0.29) is 5.54 Å². The summed E-state index contributed by atoms with van der Waals surface area (Å²) in [6.45, 7) is 2.15. The lowest BCUT2D eigenvalue weighted by atomic mass is 9.76. The van der Waals surface area contributed by atoms with E-state index in [0.29, 0.717) is 0 Å². The molecule has 0 unspecified atom stereocenters. The number of benzene rings is 2. The highest BCUT2D eigenvalue weighted by Crippen LogP contribution is 2.38. The molecule has 1 saturated carbocycles. The number of nitrogens with two attached hydrogens (primary N) is 1. The minimum absolute atomic E-state index is 0.106. The van der Waals surface area contributed by atoms with Gasteiger partial charge in [-0.2, -0.15) is 0 Å². The van der Waals surface area contributed by atoms with E-state index in [9.17, 15) is 0 Å². The highest BCUT2D eigenvalue weighted by molar-refractivity contribution is 5.87. The van der Waals surface area contributed by atoms with Crippen molar-refractivity contribution in [2.75, 3.05) is 0 Å². The Morgan fingerprint density at radius 3 is 2.56 bits per heavy atom. The second kappa shape index (κ2) is 4.40. The third-order valence-corrected chi connectivity index (χ3v) is 4.32. The molecule has 2 aromatic rings. The number of hydrogen-bond donors (Lipinski definition) is 1. The average molecular weight is 239 g/mol. The lowest BCUT2D eigenvalue weighted by Gasteiger charge is -2.35. The molecule has 0 amide bonds. The molecule has 1 fully saturated rings. The fourth-order valence-electron chi connectivity index (χ4n) is 3.27. The maximum absolute atomic E-state index is 6.70. The molecule has 1 nitrogen and oxygen atoms in total. The van der Waals surface area contributed by atoms with Gasteiger partial charge in [-0.15, -0.1) is 0 Å². The van der Waals surface area contributed by atoms with Crippen LogP contribution in [0.5, 0.6) is 0 Å². The third kappa shape index (κ3) is 1.93. The Labute approximate surface area is 109 Å². The van der Waals surface area contributed by atoms with Crippen molar-refractivity contribution in [3.8, 4) is 0 Å². The van der Waals surface area contributed by atoms with Crippen molar-refractivity contribution < 1.29 is 0 Å². The first-order valence-electron chi connectivity index (χ1n) is 6.98. The van der Waals surface area contributed by atoms with Crippen LogP contribution < -0.4 is 5.73 Å². The van der Waals surface area contributed by atoms with E-state index in [1.807, 2.05) is 0 Å². The van der Waals surface area contributed by atoms with E-state index in [1.54, 1.807) is 0 Å². The van der Waals surface area contributed by atoms with Gasteiger partial charge in [-0.3, -0.25) is 0 Å². The zero-order valence-electron chi connectivity index (χ0n) is 11.1. The van der Waals surface area contributed by atoms with Crippen LogP contribution in [0.4, 0.5) is 0 Å². The summed E-state index contributed by atoms with van der Waals surface area (Å²) in [6, 6.07) is 13.2. The molecule has 0 atom stereocenters. The lowest BCUT2D eigenvalue weighted by Crippen LogP contribution is -2.38. The monoisotopic (exact) mass is 239 g/mol. The van der Waals surface area contributed by atoms with Gasteiger partial charge in [-0.05, 0) is 36.1 Å². The van der Waals surface area contributed by atoms with Crippen molar-refractivity contribution in [1.29, 1.82) is 0 Å². The van der Waals surface area contributed by atoms with E-state index in [1.165, 1.54) is 41.2 Å². The van der Waals surface area contributed by atoms with Crippen LogP contribution >= 0.6 is 0 Å². The highest BCUT2D eigenvalue weighted by atomic mass is 14.7. The first-order valence-corrected chi connectivity index (χ1v) is 6.98. The first kappa shape index (κ1) is 11.7. The molecule has 0 heterocycles. The van der Waals surface area contributed by atoms with Gasteiger partial charge in [0.1, 0.15) is 0 Å². The van der Waals surface area contributed by atoms with Crippen molar-refractivity contribution in [3.05, 3.63) is 47.5 Å². The van der Waals surface area contributed by atoms with Crippen LogP contribution in [0.2, 0.25) is 0 Å². The van der Waals surface area contributed by atoms with Gasteiger partial charge in [-0.1, -0.05) is 61.2 Å². The molecule has 3 rings (SSSR count). The van der Waals surface area contributed by atoms with E-state index in [2.05, 4.69) is 43.3 Å². The van der Waals surface area contributed by atoms with Crippen LogP contribution in [0.25, 0.3) is 10.8 Å². The molecule has 18 heavy (non-hydrogen) atoms. The van der Waals surface area contributed by atoms with Gasteiger partial charge in [0.2, 0.25) is 0 Å². The van der Waals surface area contributed by atoms with Gasteiger partial charge in [0.25, 0.3) is 0 Å². The lowest BCUT2D eigenvalue weighted by molar-refractivity contribution is 0.304. The number of aryl methyl sites for hydroxylation is 1. The maximum Gasteiger partial charge on any atom is 0.0415 e. The molecule has 0 radical (unpaired) electrons. The summed E-state index contributed by atoms with van der Waals surface area (Å²) in [5.74, 6) is 0. The molecule has 0 aromatic heterocycles. The molecule has 0 spiro atoms. The van der Waals surface area contributed by atoms with Crippen LogP contribution in [0.3, 0.4) is 0 Å². The number of hydrogen-bond acceptors (Lipinski definition) is 1. The van der Waals surface area contributed by atoms with Crippen LogP contribution in [0.1, 0.15) is 43.2 Å². The second-order valence-corrected chi connectivity index (χ2v) is 5.75. The summed E-state index contributed by atoms with van der Waals surface area (Å²) in [5, 5.41) is 2.66. The molecule has 0 aliphatic heterocycles. The summed E-state index contributed by atoms with van der Waals surface area (Å²) >= 11 is 0. The van der Waals surface area contributed by atoms with Gasteiger partial charge < -0.3 is 5.73 Å². The van der Waals surface area contributed by atoms with Crippen molar-refractivity contribution in [2.45, 2.75) is 44.6 Å². The minimum Gasteiger partial charge on any atom is -0.321 e. The third-order valence-electron chi connectivity index (χ3n) is 4.32. The molecule has 2 N–H and O–H groups in total. The zero-order chi connectivity index (χ0) is 12.6. The number of fused-ring (bicyclic) bond motifs is 1. The summed E-state index contributed by atoms with van der Waals surface area (Å²) in [5.41, 5.74) is 9.26. The Morgan fingerprint density at radius 1 is 1.00 bits per heavy atom. The maximum atomic E-state index is 6.70. The fourth-order valence-corrected chi connectivity index (χ4v) is 3.27. The SMILES string of the molecule is Cc1ccc2cccc(C3(N)CCCCC3)c2c1. The van der Waals surface area contributed by atoms with Crippen molar-refractivity contribution in [3.63, 3.8) is 0 Å². The molecule has 1 heteroatoms. The molecule has 1 aliphatic rings. The Hall–Kier alpha value is -1.34. The van der Waals surface area contributed by atoms with E-state index >= 15 is 0 Å². The number of rotatable bonds is 1. The topological polar surface area (TPSA) is 26.0 Å². The molecule has 0 bridgehead atoms.